The molecular weight excluding hydrogens is 365 g/mol. The summed E-state index contributed by atoms with van der Waals surface area (Å²) in [6.07, 6.45) is 8.76. The van der Waals surface area contributed by atoms with Crippen LogP contribution in [0.3, 0.4) is 0 Å². The fraction of sp³-hybridized carbons (Fsp3) is 0.739. The predicted molar refractivity (Wildman–Crippen MR) is 104 cm³/mol. The van der Waals surface area contributed by atoms with Crippen LogP contribution in [0.5, 0.6) is 11.5 Å². The Morgan fingerprint density at radius 2 is 1.29 bits per heavy atom. The Labute approximate surface area is 166 Å². The molecule has 0 amide bonds. The van der Waals surface area contributed by atoms with Crippen LogP contribution >= 0.6 is 0 Å². The van der Waals surface area contributed by atoms with Crippen LogP contribution < -0.4 is 9.47 Å². The lowest BCUT2D eigenvalue weighted by Gasteiger charge is -2.37. The highest BCUT2D eigenvalue weighted by Crippen LogP contribution is 2.42. The van der Waals surface area contributed by atoms with E-state index >= 15 is 0 Å². The van der Waals surface area contributed by atoms with Crippen molar-refractivity contribution in [2.24, 2.45) is 23.7 Å². The largest absolute Gasteiger partial charge is 0.573 e. The van der Waals surface area contributed by atoms with Crippen molar-refractivity contribution in [3.05, 3.63) is 24.3 Å². The zero-order valence-electron chi connectivity index (χ0n) is 16.8. The molecule has 1 aromatic rings. The second-order valence-corrected chi connectivity index (χ2v) is 8.68. The monoisotopic (exact) mass is 398 g/mol. The van der Waals surface area contributed by atoms with E-state index in [-0.39, 0.29) is 5.75 Å². The summed E-state index contributed by atoms with van der Waals surface area (Å²) in [7, 11) is 0. The van der Waals surface area contributed by atoms with Crippen LogP contribution in [-0.4, -0.2) is 13.0 Å². The molecule has 0 aromatic heterocycles. The van der Waals surface area contributed by atoms with Gasteiger partial charge < -0.3 is 9.47 Å². The van der Waals surface area contributed by atoms with E-state index in [4.69, 9.17) is 4.74 Å². The second-order valence-electron chi connectivity index (χ2n) is 8.68. The van der Waals surface area contributed by atoms with Crippen LogP contribution in [0, 0.1) is 23.7 Å². The van der Waals surface area contributed by atoms with Crippen LogP contribution in [-0.2, 0) is 0 Å². The topological polar surface area (TPSA) is 18.5 Å². The number of alkyl halides is 3. The number of benzene rings is 1. The number of hydrogen-bond donors (Lipinski definition) is 0. The van der Waals surface area contributed by atoms with Crippen LogP contribution in [0.15, 0.2) is 24.3 Å². The van der Waals surface area contributed by atoms with Crippen molar-refractivity contribution >= 4 is 0 Å². The molecular formula is C23H33F3O2. The molecule has 0 spiro atoms. The first-order valence-electron chi connectivity index (χ1n) is 10.9. The molecule has 5 heteroatoms. The quantitative estimate of drug-likeness (QED) is 0.477. The molecule has 0 atom stereocenters. The van der Waals surface area contributed by atoms with Crippen molar-refractivity contribution in [2.75, 3.05) is 6.61 Å². The first kappa shape index (κ1) is 21.3. The van der Waals surface area contributed by atoms with E-state index in [1.54, 1.807) is 12.1 Å². The summed E-state index contributed by atoms with van der Waals surface area (Å²) in [5.74, 6) is 3.73. The van der Waals surface area contributed by atoms with Gasteiger partial charge in [-0.05, 0) is 86.5 Å². The third-order valence-electron chi connectivity index (χ3n) is 6.69. The first-order chi connectivity index (χ1) is 13.4. The van der Waals surface area contributed by atoms with Crippen molar-refractivity contribution in [3.8, 4) is 11.5 Å². The van der Waals surface area contributed by atoms with E-state index in [0.717, 1.165) is 17.8 Å². The van der Waals surface area contributed by atoms with Gasteiger partial charge in [0.15, 0.2) is 0 Å². The zero-order valence-corrected chi connectivity index (χ0v) is 16.8. The Kier molecular flexibility index (Phi) is 7.53. The van der Waals surface area contributed by atoms with Gasteiger partial charge in [0.05, 0.1) is 6.61 Å². The smallest absolute Gasteiger partial charge is 0.493 e. The summed E-state index contributed by atoms with van der Waals surface area (Å²) < 4.78 is 46.3. The molecule has 3 rings (SSSR count). The van der Waals surface area contributed by atoms with Crippen molar-refractivity contribution in [1.29, 1.82) is 0 Å². The van der Waals surface area contributed by atoms with Crippen LogP contribution in [0.4, 0.5) is 13.2 Å². The molecule has 158 valence electrons. The minimum atomic E-state index is -4.66. The number of ether oxygens (including phenoxy) is 2. The van der Waals surface area contributed by atoms with Crippen LogP contribution in [0.1, 0.15) is 71.1 Å². The Morgan fingerprint density at radius 1 is 0.786 bits per heavy atom. The summed E-state index contributed by atoms with van der Waals surface area (Å²) in [5, 5.41) is 0. The molecule has 0 heterocycles. The fourth-order valence-corrected chi connectivity index (χ4v) is 5.13. The Morgan fingerprint density at radius 3 is 1.79 bits per heavy atom. The van der Waals surface area contributed by atoms with Crippen LogP contribution in [0.25, 0.3) is 0 Å². The molecule has 0 bridgehead atoms. The van der Waals surface area contributed by atoms with E-state index in [1.165, 1.54) is 76.3 Å². The lowest BCUT2D eigenvalue weighted by Crippen LogP contribution is -2.27. The lowest BCUT2D eigenvalue weighted by molar-refractivity contribution is -0.274. The summed E-state index contributed by atoms with van der Waals surface area (Å²) in [5.41, 5.74) is 0. The van der Waals surface area contributed by atoms with Crippen molar-refractivity contribution in [2.45, 2.75) is 77.5 Å². The average Bonchev–Trinajstić information content (AvgIpc) is 2.68. The minimum Gasteiger partial charge on any atom is -0.493 e. The van der Waals surface area contributed by atoms with Crippen molar-refractivity contribution in [3.63, 3.8) is 0 Å². The van der Waals surface area contributed by atoms with Gasteiger partial charge in [-0.15, -0.1) is 13.2 Å². The predicted octanol–water partition coefficient (Wildman–Crippen LogP) is 7.38. The summed E-state index contributed by atoms with van der Waals surface area (Å²) in [6.45, 7) is 2.94. The highest BCUT2D eigenvalue weighted by atomic mass is 19.4. The number of rotatable bonds is 7. The molecule has 1 aromatic carbocycles. The summed E-state index contributed by atoms with van der Waals surface area (Å²) in [6, 6.07) is 5.69. The molecule has 2 saturated carbocycles. The first-order valence-corrected chi connectivity index (χ1v) is 10.9. The van der Waals surface area contributed by atoms with Gasteiger partial charge in [0.1, 0.15) is 11.5 Å². The van der Waals surface area contributed by atoms with Crippen molar-refractivity contribution < 1.29 is 22.6 Å². The summed E-state index contributed by atoms with van der Waals surface area (Å²) >= 11 is 0. The van der Waals surface area contributed by atoms with E-state index in [0.29, 0.717) is 18.3 Å². The van der Waals surface area contributed by atoms with Gasteiger partial charge in [-0.1, -0.05) is 32.6 Å². The van der Waals surface area contributed by atoms with Crippen LogP contribution in [0.2, 0.25) is 0 Å². The molecule has 0 saturated heterocycles. The minimum absolute atomic E-state index is 0.214. The molecule has 0 N–H and O–H groups in total. The summed E-state index contributed by atoms with van der Waals surface area (Å²) in [4.78, 5) is 0. The van der Waals surface area contributed by atoms with E-state index < -0.39 is 6.36 Å². The maximum Gasteiger partial charge on any atom is 0.573 e. The molecule has 2 nitrogen and oxygen atoms in total. The Bertz CT molecular complexity index is 569. The molecule has 0 unspecified atom stereocenters. The third kappa shape index (κ3) is 6.59. The van der Waals surface area contributed by atoms with Gasteiger partial charge in [-0.3, -0.25) is 0 Å². The standard InChI is InChI=1S/C23H33F3O2/c1-2-3-17-4-8-19(9-5-17)20-10-6-18(7-11-20)16-27-21-12-14-22(15-13-21)28-23(24,25)26/h12-15,17-20H,2-11,16H2,1H3/t17-,18?,19-,20?. The lowest BCUT2D eigenvalue weighted by atomic mass is 9.69. The second kappa shape index (κ2) is 9.89. The zero-order chi connectivity index (χ0) is 20.0. The molecule has 0 aliphatic heterocycles. The highest BCUT2D eigenvalue weighted by Gasteiger charge is 2.32. The van der Waals surface area contributed by atoms with Gasteiger partial charge in [-0.2, -0.15) is 0 Å². The highest BCUT2D eigenvalue weighted by molar-refractivity contribution is 5.31. The SMILES string of the molecule is CCC[C@H]1CC[C@H](C2CCC(COc3ccc(OC(F)(F)F)cc3)CC2)CC1. The van der Waals surface area contributed by atoms with Gasteiger partial charge in [0, 0.05) is 0 Å². The number of halogens is 3. The maximum atomic E-state index is 12.2. The maximum absolute atomic E-state index is 12.2. The molecule has 2 fully saturated rings. The van der Waals surface area contributed by atoms with Gasteiger partial charge in [0.25, 0.3) is 0 Å². The van der Waals surface area contributed by atoms with Gasteiger partial charge in [0.2, 0.25) is 0 Å². The Balaban J connectivity index is 1.36. The van der Waals surface area contributed by atoms with E-state index in [2.05, 4.69) is 11.7 Å². The third-order valence-corrected chi connectivity index (χ3v) is 6.69. The fourth-order valence-electron chi connectivity index (χ4n) is 5.13. The van der Waals surface area contributed by atoms with E-state index in [1.807, 2.05) is 0 Å². The Hall–Kier alpha value is -1.39. The molecule has 2 aliphatic rings. The average molecular weight is 399 g/mol. The molecule has 2 aliphatic carbocycles. The number of hydrogen-bond acceptors (Lipinski definition) is 2. The molecule has 28 heavy (non-hydrogen) atoms. The normalized spacial score (nSPS) is 28.7. The van der Waals surface area contributed by atoms with Gasteiger partial charge in [-0.25, -0.2) is 0 Å². The molecule has 0 radical (unpaired) electrons. The van der Waals surface area contributed by atoms with E-state index in [9.17, 15) is 13.2 Å². The van der Waals surface area contributed by atoms with Gasteiger partial charge >= 0.3 is 6.36 Å². The van der Waals surface area contributed by atoms with Crippen molar-refractivity contribution in [1.82, 2.24) is 0 Å².